The van der Waals surface area contributed by atoms with Crippen molar-refractivity contribution >= 4 is 0 Å². The Morgan fingerprint density at radius 2 is 1.68 bits per heavy atom. The molecule has 1 aromatic carbocycles. The summed E-state index contributed by atoms with van der Waals surface area (Å²) in [7, 11) is 0. The summed E-state index contributed by atoms with van der Waals surface area (Å²) in [6.45, 7) is 10.4. The van der Waals surface area contributed by atoms with Gasteiger partial charge in [-0.05, 0) is 29.0 Å². The molecule has 2 unspecified atom stereocenters. The Balaban J connectivity index is 2.76. The molecule has 0 heterocycles. The average molecular weight is 265 g/mol. The second-order valence-corrected chi connectivity index (χ2v) is 6.45. The molecule has 0 radical (unpaired) electrons. The van der Waals surface area contributed by atoms with Gasteiger partial charge in [-0.25, -0.2) is 0 Å². The zero-order chi connectivity index (χ0) is 14.6. The molecule has 0 saturated heterocycles. The largest absolute Gasteiger partial charge is 0.486 e. The van der Waals surface area contributed by atoms with Crippen molar-refractivity contribution in [2.45, 2.75) is 52.7 Å². The number of rotatable bonds is 5. The van der Waals surface area contributed by atoms with Crippen molar-refractivity contribution in [3.63, 3.8) is 0 Å². The first-order valence-electron chi connectivity index (χ1n) is 6.88. The van der Waals surface area contributed by atoms with E-state index in [-0.39, 0.29) is 24.2 Å². The van der Waals surface area contributed by atoms with Crippen LogP contribution in [0.25, 0.3) is 0 Å². The number of hydrogen-bond acceptors (Lipinski definition) is 3. The number of aliphatic hydroxyl groups is 1. The van der Waals surface area contributed by atoms with Crippen molar-refractivity contribution in [3.8, 4) is 5.75 Å². The van der Waals surface area contributed by atoms with Crippen molar-refractivity contribution in [2.75, 3.05) is 6.61 Å². The fourth-order valence-electron chi connectivity index (χ4n) is 1.89. The molecule has 0 amide bonds. The van der Waals surface area contributed by atoms with E-state index in [1.54, 1.807) is 0 Å². The van der Waals surface area contributed by atoms with Crippen LogP contribution in [-0.4, -0.2) is 23.9 Å². The van der Waals surface area contributed by atoms with E-state index in [1.807, 2.05) is 32.9 Å². The van der Waals surface area contributed by atoms with Crippen LogP contribution in [0.2, 0.25) is 0 Å². The molecule has 2 atom stereocenters. The zero-order valence-electron chi connectivity index (χ0n) is 12.7. The Bertz CT molecular complexity index is 379. The predicted molar refractivity (Wildman–Crippen MR) is 79.5 cm³/mol. The predicted octanol–water partition coefficient (Wildman–Crippen LogP) is 2.92. The molecular weight excluding hydrogens is 238 g/mol. The number of aliphatic hydroxyl groups excluding tert-OH is 1. The maximum atomic E-state index is 9.46. The summed E-state index contributed by atoms with van der Waals surface area (Å²) in [5.41, 5.74) is 7.31. The van der Waals surface area contributed by atoms with E-state index in [4.69, 9.17) is 10.5 Å². The third kappa shape index (κ3) is 4.51. The SMILES string of the molecule is CC(C)c1ccc(OC(CO)C(N)C(C)(C)C)cc1. The lowest BCUT2D eigenvalue weighted by molar-refractivity contribution is 0.0592. The molecular formula is C16H27NO2. The lowest BCUT2D eigenvalue weighted by Gasteiger charge is -2.33. The molecule has 0 fully saturated rings. The molecule has 0 bridgehead atoms. The molecule has 19 heavy (non-hydrogen) atoms. The van der Waals surface area contributed by atoms with Crippen LogP contribution in [0.1, 0.15) is 46.1 Å². The Hall–Kier alpha value is -1.06. The van der Waals surface area contributed by atoms with Gasteiger partial charge in [0.25, 0.3) is 0 Å². The van der Waals surface area contributed by atoms with Gasteiger partial charge in [0.2, 0.25) is 0 Å². The molecule has 0 aliphatic heterocycles. The van der Waals surface area contributed by atoms with Crippen molar-refractivity contribution in [2.24, 2.45) is 11.1 Å². The van der Waals surface area contributed by atoms with Crippen LogP contribution >= 0.6 is 0 Å². The third-order valence-corrected chi connectivity index (χ3v) is 3.41. The minimum atomic E-state index is -0.384. The van der Waals surface area contributed by atoms with E-state index in [1.165, 1.54) is 5.56 Å². The second kappa shape index (κ2) is 6.40. The first-order chi connectivity index (χ1) is 8.75. The molecule has 1 rings (SSSR count). The first-order valence-corrected chi connectivity index (χ1v) is 6.88. The molecule has 3 N–H and O–H groups in total. The normalized spacial score (nSPS) is 15.4. The minimum absolute atomic E-state index is 0.0790. The van der Waals surface area contributed by atoms with Crippen LogP contribution in [0.3, 0.4) is 0 Å². The van der Waals surface area contributed by atoms with Crippen molar-refractivity contribution in [1.29, 1.82) is 0 Å². The summed E-state index contributed by atoms with van der Waals surface area (Å²) in [6.07, 6.45) is -0.384. The molecule has 108 valence electrons. The monoisotopic (exact) mass is 265 g/mol. The van der Waals surface area contributed by atoms with Crippen LogP contribution in [0.15, 0.2) is 24.3 Å². The van der Waals surface area contributed by atoms with E-state index >= 15 is 0 Å². The van der Waals surface area contributed by atoms with Gasteiger partial charge in [-0.3, -0.25) is 0 Å². The molecule has 0 aromatic heterocycles. The van der Waals surface area contributed by atoms with Crippen LogP contribution < -0.4 is 10.5 Å². The summed E-state index contributed by atoms with van der Waals surface area (Å²) in [5, 5.41) is 9.46. The Morgan fingerprint density at radius 1 is 1.16 bits per heavy atom. The fraction of sp³-hybridized carbons (Fsp3) is 0.625. The summed E-state index contributed by atoms with van der Waals surface area (Å²) < 4.78 is 5.81. The maximum absolute atomic E-state index is 9.46. The van der Waals surface area contributed by atoms with Gasteiger partial charge < -0.3 is 15.6 Å². The molecule has 3 nitrogen and oxygen atoms in total. The lowest BCUT2D eigenvalue weighted by atomic mass is 9.84. The molecule has 0 aliphatic carbocycles. The topological polar surface area (TPSA) is 55.5 Å². The van der Waals surface area contributed by atoms with Gasteiger partial charge in [0.1, 0.15) is 11.9 Å². The third-order valence-electron chi connectivity index (χ3n) is 3.41. The highest BCUT2D eigenvalue weighted by Gasteiger charge is 2.30. The van der Waals surface area contributed by atoms with Crippen molar-refractivity contribution < 1.29 is 9.84 Å². The number of hydrogen-bond donors (Lipinski definition) is 2. The summed E-state index contributed by atoms with van der Waals surface area (Å²) >= 11 is 0. The van der Waals surface area contributed by atoms with E-state index in [9.17, 15) is 5.11 Å². The molecule has 0 saturated carbocycles. The maximum Gasteiger partial charge on any atom is 0.137 e. The standard InChI is InChI=1S/C16H27NO2/c1-11(2)12-6-8-13(9-7-12)19-14(10-18)15(17)16(3,4)5/h6-9,11,14-15,18H,10,17H2,1-5H3. The van der Waals surface area contributed by atoms with Crippen LogP contribution in [0.5, 0.6) is 5.75 Å². The van der Waals surface area contributed by atoms with Crippen molar-refractivity contribution in [1.82, 2.24) is 0 Å². The Kier molecular flexibility index (Phi) is 5.39. The fourth-order valence-corrected chi connectivity index (χ4v) is 1.89. The summed E-state index contributed by atoms with van der Waals surface area (Å²) in [4.78, 5) is 0. The smallest absolute Gasteiger partial charge is 0.137 e. The minimum Gasteiger partial charge on any atom is -0.486 e. The first kappa shape index (κ1) is 16.0. The van der Waals surface area contributed by atoms with Gasteiger partial charge in [-0.2, -0.15) is 0 Å². The van der Waals surface area contributed by atoms with Gasteiger partial charge in [-0.1, -0.05) is 46.8 Å². The van der Waals surface area contributed by atoms with Crippen molar-refractivity contribution in [3.05, 3.63) is 29.8 Å². The molecule has 1 aromatic rings. The van der Waals surface area contributed by atoms with Gasteiger partial charge in [0.05, 0.1) is 6.61 Å². The van der Waals surface area contributed by atoms with Gasteiger partial charge in [0.15, 0.2) is 0 Å². The van der Waals surface area contributed by atoms with Gasteiger partial charge in [0, 0.05) is 6.04 Å². The van der Waals surface area contributed by atoms with E-state index in [2.05, 4.69) is 26.0 Å². The highest BCUT2D eigenvalue weighted by Crippen LogP contribution is 2.24. The average Bonchev–Trinajstić information content (AvgIpc) is 2.34. The molecule has 0 spiro atoms. The number of benzene rings is 1. The molecule has 3 heteroatoms. The lowest BCUT2D eigenvalue weighted by Crippen LogP contribution is -2.49. The molecule has 0 aliphatic rings. The van der Waals surface area contributed by atoms with Crippen LogP contribution in [-0.2, 0) is 0 Å². The quantitative estimate of drug-likeness (QED) is 0.860. The van der Waals surface area contributed by atoms with Gasteiger partial charge >= 0.3 is 0 Å². The van der Waals surface area contributed by atoms with E-state index in [0.717, 1.165) is 5.75 Å². The Morgan fingerprint density at radius 3 is 2.05 bits per heavy atom. The number of ether oxygens (including phenoxy) is 1. The Labute approximate surface area is 116 Å². The summed E-state index contributed by atoms with van der Waals surface area (Å²) in [5.74, 6) is 1.25. The van der Waals surface area contributed by atoms with E-state index < -0.39 is 0 Å². The second-order valence-electron chi connectivity index (χ2n) is 6.45. The highest BCUT2D eigenvalue weighted by atomic mass is 16.5. The van der Waals surface area contributed by atoms with Crippen LogP contribution in [0, 0.1) is 5.41 Å². The van der Waals surface area contributed by atoms with Gasteiger partial charge in [-0.15, -0.1) is 0 Å². The zero-order valence-corrected chi connectivity index (χ0v) is 12.7. The highest BCUT2D eigenvalue weighted by molar-refractivity contribution is 5.29. The van der Waals surface area contributed by atoms with E-state index in [0.29, 0.717) is 5.92 Å². The van der Waals surface area contributed by atoms with Crippen LogP contribution in [0.4, 0.5) is 0 Å². The number of nitrogens with two attached hydrogens (primary N) is 1. The summed E-state index contributed by atoms with van der Waals surface area (Å²) in [6, 6.07) is 7.76.